The van der Waals surface area contributed by atoms with E-state index in [-0.39, 0.29) is 10.6 Å². The molecule has 26 heavy (non-hydrogen) atoms. The van der Waals surface area contributed by atoms with E-state index in [1.165, 1.54) is 25.0 Å². The van der Waals surface area contributed by atoms with Crippen molar-refractivity contribution in [2.24, 2.45) is 11.8 Å². The van der Waals surface area contributed by atoms with E-state index in [2.05, 4.69) is 32.1 Å². The Morgan fingerprint density at radius 3 is 2.88 bits per heavy atom. The van der Waals surface area contributed by atoms with E-state index in [0.29, 0.717) is 18.2 Å². The number of H-pyrrole nitrogens is 1. The van der Waals surface area contributed by atoms with E-state index < -0.39 is 0 Å². The van der Waals surface area contributed by atoms with Gasteiger partial charge in [0.1, 0.15) is 10.7 Å². The van der Waals surface area contributed by atoms with Crippen molar-refractivity contribution >= 4 is 17.3 Å². The monoisotopic (exact) mass is 378 g/mol. The molecule has 1 aliphatic heterocycles. The van der Waals surface area contributed by atoms with Crippen molar-refractivity contribution in [3.63, 3.8) is 0 Å². The Kier molecular flexibility index (Phi) is 5.96. The normalized spacial score (nSPS) is 21.9. The van der Waals surface area contributed by atoms with Crippen molar-refractivity contribution in [2.75, 3.05) is 11.4 Å². The third kappa shape index (κ3) is 3.63. The molecule has 2 aliphatic rings. The van der Waals surface area contributed by atoms with Crippen molar-refractivity contribution in [1.29, 1.82) is 0 Å². The molecule has 7 nitrogen and oxygen atoms in total. The molecule has 1 fully saturated rings. The zero-order valence-corrected chi connectivity index (χ0v) is 16.5. The molecule has 8 heteroatoms. The number of hydrogen-bond acceptors (Lipinski definition) is 5. The second kappa shape index (κ2) is 8.20. The predicted octanol–water partition coefficient (Wildman–Crippen LogP) is 3.04. The molecule has 142 valence electrons. The largest absolute Gasteiger partial charge is 0.362 e. The van der Waals surface area contributed by atoms with Crippen LogP contribution in [0.5, 0.6) is 0 Å². The standard InChI is InChI=1S/C16H21ClN6O.C2H6/c1-10-3-2-4-11(10)8-23-13-5-6-22(9-12(13)19-21-23)14-7-18-20-16(24)15(14)17;1-2/h7,10-11H,2-6,8-9H2,1H3,(H,20,24);1-2H3/t10-,11?;/m1./s1. The lowest BCUT2D eigenvalue weighted by atomic mass is 9.98. The topological polar surface area (TPSA) is 79.7 Å². The zero-order chi connectivity index (χ0) is 18.7. The van der Waals surface area contributed by atoms with E-state index in [1.807, 2.05) is 18.7 Å². The number of fused-ring (bicyclic) bond motifs is 1. The lowest BCUT2D eigenvalue weighted by Crippen LogP contribution is -2.33. The van der Waals surface area contributed by atoms with Crippen LogP contribution in [0.2, 0.25) is 5.02 Å². The van der Waals surface area contributed by atoms with Gasteiger partial charge < -0.3 is 4.90 Å². The molecule has 0 radical (unpaired) electrons. The second-order valence-electron chi connectivity index (χ2n) is 6.90. The average molecular weight is 379 g/mol. The molecule has 0 spiro atoms. The predicted molar refractivity (Wildman–Crippen MR) is 102 cm³/mol. The van der Waals surface area contributed by atoms with E-state index in [1.54, 1.807) is 6.20 Å². The van der Waals surface area contributed by atoms with Gasteiger partial charge in [-0.2, -0.15) is 5.10 Å². The number of hydrogen-bond donors (Lipinski definition) is 1. The molecule has 3 heterocycles. The zero-order valence-electron chi connectivity index (χ0n) is 15.7. The first-order valence-corrected chi connectivity index (χ1v) is 9.90. The van der Waals surface area contributed by atoms with E-state index >= 15 is 0 Å². The van der Waals surface area contributed by atoms with Crippen LogP contribution in [0.15, 0.2) is 11.0 Å². The van der Waals surface area contributed by atoms with Crippen LogP contribution in [0, 0.1) is 11.8 Å². The van der Waals surface area contributed by atoms with Gasteiger partial charge >= 0.3 is 0 Å². The summed E-state index contributed by atoms with van der Waals surface area (Å²) in [6, 6.07) is 0. The number of halogens is 1. The minimum atomic E-state index is -0.362. The molecule has 0 aromatic carbocycles. The number of rotatable bonds is 3. The van der Waals surface area contributed by atoms with Crippen molar-refractivity contribution in [2.45, 2.75) is 59.5 Å². The fourth-order valence-electron chi connectivity index (χ4n) is 3.93. The third-order valence-corrected chi connectivity index (χ3v) is 5.81. The molecule has 0 bridgehead atoms. The highest BCUT2D eigenvalue weighted by molar-refractivity contribution is 6.32. The summed E-state index contributed by atoms with van der Waals surface area (Å²) in [5, 5.41) is 15.1. The summed E-state index contributed by atoms with van der Waals surface area (Å²) in [4.78, 5) is 13.7. The molecule has 1 aliphatic carbocycles. The van der Waals surface area contributed by atoms with Crippen molar-refractivity contribution < 1.29 is 0 Å². The quantitative estimate of drug-likeness (QED) is 0.887. The lowest BCUT2D eigenvalue weighted by molar-refractivity contribution is 0.338. The molecule has 0 saturated heterocycles. The highest BCUT2D eigenvalue weighted by Gasteiger charge is 2.28. The molecule has 0 amide bonds. The van der Waals surface area contributed by atoms with E-state index in [9.17, 15) is 4.79 Å². The number of aromatic nitrogens is 5. The van der Waals surface area contributed by atoms with Gasteiger partial charge in [0.15, 0.2) is 0 Å². The summed E-state index contributed by atoms with van der Waals surface area (Å²) in [7, 11) is 0. The molecule has 2 atom stereocenters. The molecule has 1 saturated carbocycles. The minimum Gasteiger partial charge on any atom is -0.362 e. The Balaban J connectivity index is 0.000000948. The fourth-order valence-corrected chi connectivity index (χ4v) is 4.14. The smallest absolute Gasteiger partial charge is 0.285 e. The number of anilines is 1. The molecule has 1 unspecified atom stereocenters. The van der Waals surface area contributed by atoms with Gasteiger partial charge in [0.25, 0.3) is 5.56 Å². The average Bonchev–Trinajstić information content (AvgIpc) is 3.25. The summed E-state index contributed by atoms with van der Waals surface area (Å²) in [5.74, 6) is 1.48. The van der Waals surface area contributed by atoms with Crippen molar-refractivity contribution in [1.82, 2.24) is 25.2 Å². The van der Waals surface area contributed by atoms with Gasteiger partial charge in [0.2, 0.25) is 0 Å². The summed E-state index contributed by atoms with van der Waals surface area (Å²) in [5.41, 5.74) is 2.49. The minimum absolute atomic E-state index is 0.181. The van der Waals surface area contributed by atoms with Gasteiger partial charge in [-0.3, -0.25) is 4.79 Å². The van der Waals surface area contributed by atoms with Gasteiger partial charge in [-0.05, 0) is 18.3 Å². The third-order valence-electron chi connectivity index (χ3n) is 5.44. The number of nitrogens with zero attached hydrogens (tertiary/aromatic N) is 5. The second-order valence-corrected chi connectivity index (χ2v) is 7.28. The van der Waals surface area contributed by atoms with Crippen LogP contribution in [0.3, 0.4) is 0 Å². The first-order valence-electron chi connectivity index (χ1n) is 9.53. The first-order chi connectivity index (χ1) is 12.6. The highest BCUT2D eigenvalue weighted by Crippen LogP contribution is 2.33. The summed E-state index contributed by atoms with van der Waals surface area (Å²) in [6.07, 6.45) is 6.38. The molecule has 4 rings (SSSR count). The Bertz CT molecular complexity index is 801. The number of nitrogens with one attached hydrogen (secondary N) is 1. The summed E-state index contributed by atoms with van der Waals surface area (Å²) >= 11 is 6.12. The van der Waals surface area contributed by atoms with Gasteiger partial charge in [0, 0.05) is 19.5 Å². The maximum Gasteiger partial charge on any atom is 0.285 e. The van der Waals surface area contributed by atoms with Crippen LogP contribution in [-0.4, -0.2) is 31.7 Å². The maximum atomic E-state index is 11.6. The molecule has 2 aromatic rings. The maximum absolute atomic E-state index is 11.6. The van der Waals surface area contributed by atoms with Gasteiger partial charge in [-0.25, -0.2) is 9.78 Å². The van der Waals surface area contributed by atoms with Gasteiger partial charge in [-0.15, -0.1) is 5.10 Å². The number of aromatic amines is 1. The van der Waals surface area contributed by atoms with Crippen LogP contribution in [-0.2, 0) is 19.5 Å². The van der Waals surface area contributed by atoms with Crippen LogP contribution in [0.1, 0.15) is 51.4 Å². The van der Waals surface area contributed by atoms with Crippen LogP contribution in [0.4, 0.5) is 5.69 Å². The lowest BCUT2D eigenvalue weighted by Gasteiger charge is -2.28. The fraction of sp³-hybridized carbons (Fsp3) is 0.667. The SMILES string of the molecule is CC.C[C@@H]1CCCC1Cn1nnc2c1CCN(c1cn[nH]c(=O)c1Cl)C2. The van der Waals surface area contributed by atoms with Gasteiger partial charge in [-0.1, -0.05) is 50.4 Å². The Morgan fingerprint density at radius 2 is 2.15 bits per heavy atom. The van der Waals surface area contributed by atoms with E-state index in [4.69, 9.17) is 11.6 Å². The molecular weight excluding hydrogens is 352 g/mol. The first kappa shape index (κ1) is 18.9. The summed E-state index contributed by atoms with van der Waals surface area (Å²) < 4.78 is 2.09. The van der Waals surface area contributed by atoms with Crippen LogP contribution < -0.4 is 10.5 Å². The molecule has 1 N–H and O–H groups in total. The van der Waals surface area contributed by atoms with Crippen LogP contribution >= 0.6 is 11.6 Å². The van der Waals surface area contributed by atoms with Gasteiger partial charge in [0.05, 0.1) is 24.1 Å². The Morgan fingerprint density at radius 1 is 1.35 bits per heavy atom. The molecule has 2 aromatic heterocycles. The van der Waals surface area contributed by atoms with Crippen molar-refractivity contribution in [3.8, 4) is 0 Å². The molecular formula is C18H27ClN6O. The Hall–Kier alpha value is -1.89. The van der Waals surface area contributed by atoms with Crippen LogP contribution in [0.25, 0.3) is 0 Å². The van der Waals surface area contributed by atoms with E-state index in [0.717, 1.165) is 31.1 Å². The van der Waals surface area contributed by atoms with Crippen molar-refractivity contribution in [3.05, 3.63) is 33.0 Å². The highest BCUT2D eigenvalue weighted by atomic mass is 35.5. The Labute approximate surface area is 158 Å². The summed E-state index contributed by atoms with van der Waals surface area (Å²) in [6.45, 7) is 8.70.